The number of halogens is 1. The first-order chi connectivity index (χ1) is 11.2. The molecule has 0 amide bonds. The molecule has 0 aromatic carbocycles. The van der Waals surface area contributed by atoms with Crippen LogP contribution in [0.4, 0.5) is 10.2 Å². The summed E-state index contributed by atoms with van der Waals surface area (Å²) in [6.07, 6.45) is 6.51. The molecule has 0 radical (unpaired) electrons. The van der Waals surface area contributed by atoms with Gasteiger partial charge in [-0.3, -0.25) is 0 Å². The molecule has 1 aromatic heterocycles. The molecule has 4 nitrogen and oxygen atoms in total. The van der Waals surface area contributed by atoms with E-state index in [0.717, 1.165) is 49.8 Å². The minimum absolute atomic E-state index is 0.269. The fourth-order valence-corrected chi connectivity index (χ4v) is 3.66. The van der Waals surface area contributed by atoms with E-state index in [-0.39, 0.29) is 6.54 Å². The fraction of sp³-hybridized carbons (Fsp3) is 0.611. The van der Waals surface area contributed by atoms with Gasteiger partial charge < -0.3 is 4.90 Å². The van der Waals surface area contributed by atoms with Crippen molar-refractivity contribution in [2.24, 2.45) is 0 Å². The Bertz CT molecular complexity index is 671. The van der Waals surface area contributed by atoms with Gasteiger partial charge in [0, 0.05) is 12.2 Å². The van der Waals surface area contributed by atoms with Gasteiger partial charge in [-0.25, -0.2) is 9.37 Å². The summed E-state index contributed by atoms with van der Waals surface area (Å²) in [7, 11) is 0. The monoisotopic (exact) mass is 312 g/mol. The summed E-state index contributed by atoms with van der Waals surface area (Å²) in [5, 5.41) is 19.2. The zero-order chi connectivity index (χ0) is 16.2. The Labute approximate surface area is 136 Å². The third-order valence-electron chi connectivity index (χ3n) is 4.84. The van der Waals surface area contributed by atoms with Crippen molar-refractivity contribution in [3.05, 3.63) is 22.4 Å². The third kappa shape index (κ3) is 3.15. The van der Waals surface area contributed by atoms with Gasteiger partial charge in [-0.1, -0.05) is 12.8 Å². The van der Waals surface area contributed by atoms with Crippen molar-refractivity contribution >= 4 is 5.82 Å². The fourth-order valence-electron chi connectivity index (χ4n) is 3.66. The van der Waals surface area contributed by atoms with E-state index in [1.807, 2.05) is 4.90 Å². The Hall–Kier alpha value is -2.14. The predicted molar refractivity (Wildman–Crippen MR) is 85.9 cm³/mol. The molecular formula is C18H21FN4. The number of anilines is 1. The van der Waals surface area contributed by atoms with Crippen molar-refractivity contribution in [3.63, 3.8) is 0 Å². The average Bonchev–Trinajstić information content (AvgIpc) is 2.54. The second-order valence-corrected chi connectivity index (χ2v) is 6.43. The number of rotatable bonds is 1. The van der Waals surface area contributed by atoms with Gasteiger partial charge in [0.15, 0.2) is 0 Å². The summed E-state index contributed by atoms with van der Waals surface area (Å²) in [6.45, 7) is 0.969. The first kappa shape index (κ1) is 15.7. The SMILES string of the molecule is N#Cc1c(N2CCCC(F)C2)nc2c(c1C#N)CCCCCC2. The van der Waals surface area contributed by atoms with Crippen LogP contribution in [-0.4, -0.2) is 24.2 Å². The molecular weight excluding hydrogens is 291 g/mol. The van der Waals surface area contributed by atoms with Gasteiger partial charge in [0.05, 0.1) is 12.1 Å². The Balaban J connectivity index is 2.10. The van der Waals surface area contributed by atoms with Crippen LogP contribution in [0.15, 0.2) is 0 Å². The standard InChI is InChI=1S/C18H21FN4/c19-13-6-5-9-23(12-13)18-16(11-21)15(10-20)14-7-3-1-2-4-8-17(14)22-18/h13H,1-9,12H2. The highest BCUT2D eigenvalue weighted by molar-refractivity contribution is 5.65. The lowest BCUT2D eigenvalue weighted by Crippen LogP contribution is -2.37. The highest BCUT2D eigenvalue weighted by Gasteiger charge is 2.27. The van der Waals surface area contributed by atoms with Gasteiger partial charge in [0.25, 0.3) is 0 Å². The molecule has 23 heavy (non-hydrogen) atoms. The number of aryl methyl sites for hydroxylation is 1. The van der Waals surface area contributed by atoms with Crippen LogP contribution in [0.2, 0.25) is 0 Å². The first-order valence-corrected chi connectivity index (χ1v) is 8.49. The van der Waals surface area contributed by atoms with Crippen LogP contribution in [0.3, 0.4) is 0 Å². The molecule has 1 saturated heterocycles. The van der Waals surface area contributed by atoms with Crippen LogP contribution in [0.25, 0.3) is 0 Å². The predicted octanol–water partition coefficient (Wildman–Crippen LogP) is 3.42. The number of alkyl halides is 1. The Kier molecular flexibility index (Phi) is 4.76. The van der Waals surface area contributed by atoms with E-state index < -0.39 is 6.17 Å². The smallest absolute Gasteiger partial charge is 0.148 e. The van der Waals surface area contributed by atoms with E-state index in [2.05, 4.69) is 12.1 Å². The van der Waals surface area contributed by atoms with Crippen molar-refractivity contribution in [3.8, 4) is 12.1 Å². The number of aromatic nitrogens is 1. The van der Waals surface area contributed by atoms with Gasteiger partial charge in [-0.2, -0.15) is 10.5 Å². The lowest BCUT2D eigenvalue weighted by atomic mass is 9.91. The van der Waals surface area contributed by atoms with E-state index in [4.69, 9.17) is 4.98 Å². The van der Waals surface area contributed by atoms with Crippen molar-refractivity contribution in [2.45, 2.75) is 57.5 Å². The number of pyridine rings is 1. The van der Waals surface area contributed by atoms with Crippen LogP contribution in [0.5, 0.6) is 0 Å². The summed E-state index contributed by atoms with van der Waals surface area (Å²) in [4.78, 5) is 6.59. The highest BCUT2D eigenvalue weighted by atomic mass is 19.1. The molecule has 5 heteroatoms. The number of hydrogen-bond acceptors (Lipinski definition) is 4. The number of fused-ring (bicyclic) bond motifs is 1. The minimum atomic E-state index is -0.885. The van der Waals surface area contributed by atoms with Gasteiger partial charge in [-0.05, 0) is 44.1 Å². The molecule has 0 bridgehead atoms. The maximum absolute atomic E-state index is 13.8. The van der Waals surface area contributed by atoms with Gasteiger partial charge in [0.2, 0.25) is 0 Å². The highest BCUT2D eigenvalue weighted by Crippen LogP contribution is 2.31. The molecule has 1 unspecified atom stereocenters. The van der Waals surface area contributed by atoms with Gasteiger partial charge in [0.1, 0.15) is 29.7 Å². The largest absolute Gasteiger partial charge is 0.353 e. The van der Waals surface area contributed by atoms with E-state index in [9.17, 15) is 14.9 Å². The van der Waals surface area contributed by atoms with Gasteiger partial charge >= 0.3 is 0 Å². The van der Waals surface area contributed by atoms with Crippen LogP contribution in [-0.2, 0) is 12.8 Å². The average molecular weight is 312 g/mol. The van der Waals surface area contributed by atoms with Crippen LogP contribution in [0.1, 0.15) is 60.9 Å². The van der Waals surface area contributed by atoms with Crippen LogP contribution >= 0.6 is 0 Å². The molecule has 1 aromatic rings. The minimum Gasteiger partial charge on any atom is -0.353 e. The molecule has 3 rings (SSSR count). The number of piperidine rings is 1. The molecule has 0 spiro atoms. The summed E-state index contributed by atoms with van der Waals surface area (Å²) >= 11 is 0. The van der Waals surface area contributed by atoms with Crippen LogP contribution in [0, 0.1) is 22.7 Å². The molecule has 0 saturated carbocycles. The molecule has 1 atom stereocenters. The first-order valence-electron chi connectivity index (χ1n) is 8.49. The van der Waals surface area contributed by atoms with Crippen molar-refractivity contribution in [1.82, 2.24) is 4.98 Å². The number of nitrogens with zero attached hydrogens (tertiary/aromatic N) is 4. The van der Waals surface area contributed by atoms with Crippen molar-refractivity contribution in [1.29, 1.82) is 10.5 Å². The third-order valence-corrected chi connectivity index (χ3v) is 4.84. The molecule has 1 aliphatic heterocycles. The van der Waals surface area contributed by atoms with E-state index in [1.165, 1.54) is 6.42 Å². The van der Waals surface area contributed by atoms with Crippen molar-refractivity contribution in [2.75, 3.05) is 18.0 Å². The maximum atomic E-state index is 13.8. The molecule has 1 fully saturated rings. The van der Waals surface area contributed by atoms with E-state index in [0.29, 0.717) is 29.9 Å². The number of nitriles is 2. The quantitative estimate of drug-likeness (QED) is 0.797. The Morgan fingerprint density at radius 2 is 1.74 bits per heavy atom. The normalized spacial score (nSPS) is 21.5. The van der Waals surface area contributed by atoms with E-state index >= 15 is 0 Å². The second kappa shape index (κ2) is 6.96. The summed E-state index contributed by atoms with van der Waals surface area (Å²) in [5.41, 5.74) is 2.69. The van der Waals surface area contributed by atoms with E-state index in [1.54, 1.807) is 0 Å². The number of hydrogen-bond donors (Lipinski definition) is 0. The summed E-state index contributed by atoms with van der Waals surface area (Å²) < 4.78 is 13.8. The topological polar surface area (TPSA) is 63.7 Å². The molecule has 2 aliphatic rings. The molecule has 120 valence electrons. The maximum Gasteiger partial charge on any atom is 0.148 e. The lowest BCUT2D eigenvalue weighted by molar-refractivity contribution is 0.286. The van der Waals surface area contributed by atoms with Crippen LogP contribution < -0.4 is 4.90 Å². The van der Waals surface area contributed by atoms with Gasteiger partial charge in [-0.15, -0.1) is 0 Å². The lowest BCUT2D eigenvalue weighted by Gasteiger charge is -2.31. The Morgan fingerprint density at radius 1 is 1.00 bits per heavy atom. The summed E-state index contributed by atoms with van der Waals surface area (Å²) in [5.74, 6) is 0.519. The zero-order valence-electron chi connectivity index (χ0n) is 13.3. The molecule has 0 N–H and O–H groups in total. The Morgan fingerprint density at radius 3 is 2.43 bits per heavy atom. The van der Waals surface area contributed by atoms with Crippen molar-refractivity contribution < 1.29 is 4.39 Å². The zero-order valence-corrected chi connectivity index (χ0v) is 13.3. The summed E-state index contributed by atoms with van der Waals surface area (Å²) in [6, 6.07) is 4.39. The molecule has 2 heterocycles. The molecule has 1 aliphatic carbocycles. The second-order valence-electron chi connectivity index (χ2n) is 6.43.